The normalized spacial score (nSPS) is 10.1. The number of nitrogens with two attached hydrogens (primary N) is 1. The topological polar surface area (TPSA) is 60.0 Å². The van der Waals surface area contributed by atoms with Gasteiger partial charge in [0.2, 0.25) is 6.43 Å². The predicted molar refractivity (Wildman–Crippen MR) is 148 cm³/mol. The van der Waals surface area contributed by atoms with Gasteiger partial charge in [0.25, 0.3) is 0 Å². The van der Waals surface area contributed by atoms with Crippen LogP contribution in [0.4, 0.5) is 13.2 Å². The van der Waals surface area contributed by atoms with Gasteiger partial charge in [-0.1, -0.05) is 60.2 Å². The van der Waals surface area contributed by atoms with Crippen LogP contribution < -0.4 is 5.73 Å². The molecule has 0 radical (unpaired) electrons. The van der Waals surface area contributed by atoms with Crippen LogP contribution in [0.3, 0.4) is 0 Å². The Balaban J connectivity index is 0.000000324. The van der Waals surface area contributed by atoms with E-state index in [9.17, 15) is 13.2 Å². The number of rotatable bonds is 11. The molecule has 3 rings (SSSR count). The standard InChI is InChI=1S/C15H15F.C13H19F2NO.C2H4N2/c1-12-5-7-13(8-6-12)9-10-14-3-2-4-15(16)11-14;1-17-9-12-7-10(3-2-4-13(14)15)5-6-11(12)8-16;1-3-4-2/h2-8,11H,9-10H2,1H3;5-7,13H,2-4,8-9,16H2,1H3;1-2H2. The number of hydrogen-bond acceptors (Lipinski definition) is 4. The molecule has 0 aliphatic carbocycles. The molecule has 0 aliphatic rings. The summed E-state index contributed by atoms with van der Waals surface area (Å²) in [6, 6.07) is 21.2. The van der Waals surface area contributed by atoms with E-state index in [-0.39, 0.29) is 12.2 Å². The molecule has 2 N–H and O–H groups in total. The summed E-state index contributed by atoms with van der Waals surface area (Å²) < 4.78 is 42.1. The fraction of sp³-hybridized carbons (Fsp3) is 0.333. The second-order valence-electron chi connectivity index (χ2n) is 8.42. The van der Waals surface area contributed by atoms with Gasteiger partial charge in [-0.15, -0.1) is 0 Å². The minimum absolute atomic E-state index is 0.0434. The molecule has 200 valence electrons. The van der Waals surface area contributed by atoms with Crippen LogP contribution in [-0.4, -0.2) is 27.0 Å². The molecule has 0 amide bonds. The number of hydrogen-bond donors (Lipinski definition) is 1. The van der Waals surface area contributed by atoms with Gasteiger partial charge in [0.15, 0.2) is 0 Å². The summed E-state index contributed by atoms with van der Waals surface area (Å²) in [6.45, 7) is 9.06. The van der Waals surface area contributed by atoms with E-state index in [0.29, 0.717) is 26.0 Å². The molecule has 0 atom stereocenters. The first-order valence-corrected chi connectivity index (χ1v) is 12.1. The lowest BCUT2D eigenvalue weighted by Gasteiger charge is -2.10. The highest BCUT2D eigenvalue weighted by molar-refractivity contribution is 5.32. The Morgan fingerprint density at radius 3 is 2.03 bits per heavy atom. The Morgan fingerprint density at radius 1 is 0.838 bits per heavy atom. The first-order valence-electron chi connectivity index (χ1n) is 12.1. The lowest BCUT2D eigenvalue weighted by molar-refractivity contribution is 0.135. The van der Waals surface area contributed by atoms with Crippen molar-refractivity contribution in [3.8, 4) is 0 Å². The molecule has 4 nitrogen and oxygen atoms in total. The zero-order chi connectivity index (χ0) is 27.5. The number of nitrogens with zero attached hydrogens (tertiary/aromatic N) is 2. The zero-order valence-corrected chi connectivity index (χ0v) is 21.8. The highest BCUT2D eigenvalue weighted by Gasteiger charge is 2.05. The highest BCUT2D eigenvalue weighted by atomic mass is 19.3. The first kappa shape index (κ1) is 31.7. The van der Waals surface area contributed by atoms with Crippen molar-refractivity contribution in [1.82, 2.24) is 0 Å². The van der Waals surface area contributed by atoms with Crippen LogP contribution in [-0.2, 0) is 37.2 Å². The van der Waals surface area contributed by atoms with E-state index in [4.69, 9.17) is 10.5 Å². The molecule has 0 aliphatic heterocycles. The molecular weight excluding hydrogens is 475 g/mol. The van der Waals surface area contributed by atoms with Crippen molar-refractivity contribution in [2.75, 3.05) is 7.11 Å². The van der Waals surface area contributed by atoms with E-state index in [0.717, 1.165) is 35.1 Å². The van der Waals surface area contributed by atoms with Crippen molar-refractivity contribution in [2.24, 2.45) is 15.9 Å². The summed E-state index contributed by atoms with van der Waals surface area (Å²) in [6.07, 6.45) is 0.776. The molecule has 7 heteroatoms. The van der Waals surface area contributed by atoms with Crippen molar-refractivity contribution in [3.63, 3.8) is 0 Å². The summed E-state index contributed by atoms with van der Waals surface area (Å²) in [5, 5.41) is 6.00. The zero-order valence-electron chi connectivity index (χ0n) is 21.8. The lowest BCUT2D eigenvalue weighted by Crippen LogP contribution is -2.03. The quantitative estimate of drug-likeness (QED) is 0.220. The maximum absolute atomic E-state index is 12.9. The average Bonchev–Trinajstić information content (AvgIpc) is 2.89. The largest absolute Gasteiger partial charge is 0.380 e. The van der Waals surface area contributed by atoms with Gasteiger partial charge >= 0.3 is 0 Å². The first-order chi connectivity index (χ1) is 17.8. The molecule has 0 bridgehead atoms. The van der Waals surface area contributed by atoms with Crippen molar-refractivity contribution >= 4 is 13.4 Å². The Bertz CT molecular complexity index is 1050. The number of methoxy groups -OCH3 is 1. The van der Waals surface area contributed by atoms with Crippen LogP contribution in [0.2, 0.25) is 0 Å². The van der Waals surface area contributed by atoms with Crippen LogP contribution in [0.25, 0.3) is 0 Å². The Labute approximate surface area is 219 Å². The third kappa shape index (κ3) is 14.1. The molecule has 0 spiro atoms. The Hall–Kier alpha value is -3.29. The second-order valence-corrected chi connectivity index (χ2v) is 8.42. The maximum atomic E-state index is 12.9. The van der Waals surface area contributed by atoms with E-state index in [2.05, 4.69) is 54.8 Å². The van der Waals surface area contributed by atoms with Gasteiger partial charge in [-0.2, -0.15) is 10.2 Å². The van der Waals surface area contributed by atoms with Crippen LogP contribution in [0, 0.1) is 12.7 Å². The van der Waals surface area contributed by atoms with Gasteiger partial charge in [0.05, 0.1) is 6.61 Å². The molecule has 0 heterocycles. The van der Waals surface area contributed by atoms with E-state index < -0.39 is 6.43 Å². The van der Waals surface area contributed by atoms with Gasteiger partial charge in [-0.25, -0.2) is 13.2 Å². The predicted octanol–water partition coefficient (Wildman–Crippen LogP) is 7.10. The van der Waals surface area contributed by atoms with Crippen molar-refractivity contribution in [1.29, 1.82) is 0 Å². The highest BCUT2D eigenvalue weighted by Crippen LogP contribution is 2.16. The minimum Gasteiger partial charge on any atom is -0.380 e. The van der Waals surface area contributed by atoms with Gasteiger partial charge < -0.3 is 10.5 Å². The van der Waals surface area contributed by atoms with Gasteiger partial charge in [0, 0.05) is 33.5 Å². The maximum Gasteiger partial charge on any atom is 0.238 e. The van der Waals surface area contributed by atoms with E-state index >= 15 is 0 Å². The molecule has 3 aromatic rings. The van der Waals surface area contributed by atoms with Crippen LogP contribution in [0.1, 0.15) is 46.2 Å². The minimum atomic E-state index is -2.21. The van der Waals surface area contributed by atoms with E-state index in [1.807, 2.05) is 24.3 Å². The number of ether oxygens (including phenoxy) is 1. The Morgan fingerprint density at radius 2 is 1.46 bits per heavy atom. The summed E-state index contributed by atoms with van der Waals surface area (Å²) >= 11 is 0. The van der Waals surface area contributed by atoms with Gasteiger partial charge in [-0.3, -0.25) is 0 Å². The molecule has 0 aromatic heterocycles. The number of aryl methyl sites for hydroxylation is 4. The molecule has 0 fully saturated rings. The molecular formula is C30H38F3N3O. The number of benzene rings is 3. The van der Waals surface area contributed by atoms with Crippen LogP contribution >= 0.6 is 0 Å². The fourth-order valence-electron chi connectivity index (χ4n) is 3.52. The number of halogens is 3. The SMILES string of the molecule is C=NN=C.COCc1cc(CCCC(F)F)ccc1CN.Cc1ccc(CCc2cccc(F)c2)cc1. The summed E-state index contributed by atoms with van der Waals surface area (Å²) in [5.41, 5.74) is 12.4. The van der Waals surface area contributed by atoms with Crippen LogP contribution in [0.5, 0.6) is 0 Å². The van der Waals surface area contributed by atoms with Crippen molar-refractivity contribution < 1.29 is 17.9 Å². The molecule has 0 unspecified atom stereocenters. The average molecular weight is 514 g/mol. The molecule has 37 heavy (non-hydrogen) atoms. The third-order valence-electron chi connectivity index (χ3n) is 5.49. The molecule has 0 saturated carbocycles. The Kier molecular flexibility index (Phi) is 16.2. The van der Waals surface area contributed by atoms with E-state index in [1.165, 1.54) is 17.2 Å². The number of alkyl halides is 2. The fourth-order valence-corrected chi connectivity index (χ4v) is 3.52. The summed E-state index contributed by atoms with van der Waals surface area (Å²) in [4.78, 5) is 0. The monoisotopic (exact) mass is 513 g/mol. The smallest absolute Gasteiger partial charge is 0.238 e. The third-order valence-corrected chi connectivity index (χ3v) is 5.49. The second kappa shape index (κ2) is 18.9. The van der Waals surface area contributed by atoms with Gasteiger partial charge in [0.1, 0.15) is 5.82 Å². The van der Waals surface area contributed by atoms with Crippen LogP contribution in [0.15, 0.2) is 76.9 Å². The van der Waals surface area contributed by atoms with Crippen molar-refractivity contribution in [2.45, 2.75) is 58.6 Å². The summed E-state index contributed by atoms with van der Waals surface area (Å²) in [7, 11) is 1.63. The van der Waals surface area contributed by atoms with E-state index in [1.54, 1.807) is 19.2 Å². The molecule has 3 aromatic carbocycles. The van der Waals surface area contributed by atoms with Gasteiger partial charge in [-0.05, 0) is 72.6 Å². The summed E-state index contributed by atoms with van der Waals surface area (Å²) in [5.74, 6) is -0.151. The molecule has 0 saturated heterocycles. The van der Waals surface area contributed by atoms with Crippen molar-refractivity contribution in [3.05, 3.63) is 106 Å². The lowest BCUT2D eigenvalue weighted by atomic mass is 10.0.